The third-order valence-corrected chi connectivity index (χ3v) is 4.56. The van der Waals surface area contributed by atoms with Gasteiger partial charge >= 0.3 is 0 Å². The first-order valence-electron chi connectivity index (χ1n) is 8.93. The number of aliphatic imine (C=N–C) groups is 1. The van der Waals surface area contributed by atoms with Gasteiger partial charge in [-0.1, -0.05) is 27.7 Å². The van der Waals surface area contributed by atoms with Crippen molar-refractivity contribution < 1.29 is 4.79 Å². The van der Waals surface area contributed by atoms with Crippen molar-refractivity contribution in [2.75, 3.05) is 33.7 Å². The minimum atomic E-state index is 0.154. The van der Waals surface area contributed by atoms with Gasteiger partial charge in [-0.25, -0.2) is 0 Å². The summed E-state index contributed by atoms with van der Waals surface area (Å²) in [6.07, 6.45) is 3.97. The van der Waals surface area contributed by atoms with E-state index in [0.29, 0.717) is 18.3 Å². The lowest BCUT2D eigenvalue weighted by atomic mass is 9.84. The van der Waals surface area contributed by atoms with Gasteiger partial charge in [-0.05, 0) is 36.5 Å². The standard InChI is InChI=1S/C18H36N4O/c1-14(2)12-18(3,4)13-21-17(20-6)22-9-7-15(8-10-22)11-16(23)19-5/h14-15H,7-13H2,1-6H3,(H,19,23)(H,20,21). The highest BCUT2D eigenvalue weighted by molar-refractivity contribution is 5.80. The lowest BCUT2D eigenvalue weighted by Crippen LogP contribution is -2.48. The van der Waals surface area contributed by atoms with Crippen LogP contribution in [0.4, 0.5) is 0 Å². The molecule has 1 amide bonds. The van der Waals surface area contributed by atoms with Crippen molar-refractivity contribution in [3.05, 3.63) is 0 Å². The second-order valence-corrected chi connectivity index (χ2v) is 7.97. The fourth-order valence-electron chi connectivity index (χ4n) is 3.54. The summed E-state index contributed by atoms with van der Waals surface area (Å²) in [5.41, 5.74) is 0.266. The number of nitrogens with zero attached hydrogens (tertiary/aromatic N) is 2. The summed E-state index contributed by atoms with van der Waals surface area (Å²) in [4.78, 5) is 18.3. The second-order valence-electron chi connectivity index (χ2n) is 7.97. The van der Waals surface area contributed by atoms with Gasteiger partial charge in [0, 0.05) is 40.2 Å². The van der Waals surface area contributed by atoms with Crippen molar-refractivity contribution in [2.24, 2.45) is 22.2 Å². The fraction of sp³-hybridized carbons (Fsp3) is 0.889. The van der Waals surface area contributed by atoms with Gasteiger partial charge in [0.1, 0.15) is 0 Å². The first-order valence-corrected chi connectivity index (χ1v) is 8.93. The lowest BCUT2D eigenvalue weighted by Gasteiger charge is -2.36. The number of hydrogen-bond acceptors (Lipinski definition) is 2. The molecule has 5 heteroatoms. The van der Waals surface area contributed by atoms with E-state index in [1.807, 2.05) is 7.05 Å². The Morgan fingerprint density at radius 3 is 2.39 bits per heavy atom. The van der Waals surface area contributed by atoms with Crippen molar-refractivity contribution in [2.45, 2.75) is 53.4 Å². The third-order valence-electron chi connectivity index (χ3n) is 4.56. The topological polar surface area (TPSA) is 56.7 Å². The van der Waals surface area contributed by atoms with Crippen LogP contribution in [0.2, 0.25) is 0 Å². The Morgan fingerprint density at radius 2 is 1.91 bits per heavy atom. The van der Waals surface area contributed by atoms with E-state index >= 15 is 0 Å². The maximum Gasteiger partial charge on any atom is 0.220 e. The van der Waals surface area contributed by atoms with Crippen molar-refractivity contribution in [1.29, 1.82) is 0 Å². The smallest absolute Gasteiger partial charge is 0.220 e. The summed E-state index contributed by atoms with van der Waals surface area (Å²) < 4.78 is 0. The van der Waals surface area contributed by atoms with Gasteiger partial charge in [0.05, 0.1) is 0 Å². The Morgan fingerprint density at radius 1 is 1.30 bits per heavy atom. The summed E-state index contributed by atoms with van der Waals surface area (Å²) in [7, 11) is 3.57. The highest BCUT2D eigenvalue weighted by Gasteiger charge is 2.25. The number of guanidine groups is 1. The van der Waals surface area contributed by atoms with Crippen LogP contribution in [0.1, 0.15) is 53.4 Å². The Kier molecular flexibility index (Phi) is 7.86. The number of rotatable bonds is 6. The average molecular weight is 325 g/mol. The summed E-state index contributed by atoms with van der Waals surface area (Å²) in [6, 6.07) is 0. The molecule has 1 fully saturated rings. The van der Waals surface area contributed by atoms with E-state index in [1.165, 1.54) is 6.42 Å². The van der Waals surface area contributed by atoms with Crippen LogP contribution in [0, 0.1) is 17.3 Å². The highest BCUT2D eigenvalue weighted by Crippen LogP contribution is 2.25. The molecule has 1 aliphatic heterocycles. The number of carbonyl (C=O) groups is 1. The van der Waals surface area contributed by atoms with E-state index in [0.717, 1.165) is 38.4 Å². The van der Waals surface area contributed by atoms with Crippen LogP contribution < -0.4 is 10.6 Å². The molecular weight excluding hydrogens is 288 g/mol. The molecule has 2 N–H and O–H groups in total. The molecule has 0 radical (unpaired) electrons. The van der Waals surface area contributed by atoms with Gasteiger partial charge in [-0.15, -0.1) is 0 Å². The molecule has 0 aromatic heterocycles. The maximum atomic E-state index is 11.5. The van der Waals surface area contributed by atoms with Gasteiger partial charge < -0.3 is 15.5 Å². The Labute approximate surface area is 142 Å². The average Bonchev–Trinajstić information content (AvgIpc) is 2.47. The van der Waals surface area contributed by atoms with Crippen LogP contribution >= 0.6 is 0 Å². The monoisotopic (exact) mass is 324 g/mol. The quantitative estimate of drug-likeness (QED) is 0.583. The summed E-state index contributed by atoms with van der Waals surface area (Å²) >= 11 is 0. The molecule has 0 aromatic carbocycles. The lowest BCUT2D eigenvalue weighted by molar-refractivity contribution is -0.121. The number of nitrogens with one attached hydrogen (secondary N) is 2. The van der Waals surface area contributed by atoms with Gasteiger partial charge in [-0.2, -0.15) is 0 Å². The molecule has 5 nitrogen and oxygen atoms in total. The zero-order valence-corrected chi connectivity index (χ0v) is 15.9. The van der Waals surface area contributed by atoms with E-state index in [1.54, 1.807) is 7.05 Å². The molecule has 1 rings (SSSR count). The molecule has 1 saturated heterocycles. The maximum absolute atomic E-state index is 11.5. The predicted octanol–water partition coefficient (Wildman–Crippen LogP) is 2.48. The molecular formula is C18H36N4O. The van der Waals surface area contributed by atoms with Crippen LogP contribution in [0.5, 0.6) is 0 Å². The van der Waals surface area contributed by atoms with E-state index in [4.69, 9.17) is 0 Å². The largest absolute Gasteiger partial charge is 0.359 e. The minimum Gasteiger partial charge on any atom is -0.359 e. The number of likely N-dealkylation sites (tertiary alicyclic amines) is 1. The summed E-state index contributed by atoms with van der Waals surface area (Å²) in [5.74, 6) is 2.36. The molecule has 0 aromatic rings. The van der Waals surface area contributed by atoms with Crippen LogP contribution in [0.3, 0.4) is 0 Å². The fourth-order valence-corrected chi connectivity index (χ4v) is 3.54. The zero-order chi connectivity index (χ0) is 17.5. The van der Waals surface area contributed by atoms with Crippen LogP contribution in [0.15, 0.2) is 4.99 Å². The zero-order valence-electron chi connectivity index (χ0n) is 15.9. The predicted molar refractivity (Wildman–Crippen MR) is 97.6 cm³/mol. The van der Waals surface area contributed by atoms with E-state index in [9.17, 15) is 4.79 Å². The summed E-state index contributed by atoms with van der Waals surface area (Å²) in [5, 5.41) is 6.27. The molecule has 0 bridgehead atoms. The third kappa shape index (κ3) is 7.23. The van der Waals surface area contributed by atoms with E-state index in [-0.39, 0.29) is 11.3 Å². The second kappa shape index (κ2) is 9.14. The van der Waals surface area contributed by atoms with Crippen LogP contribution in [-0.2, 0) is 4.79 Å². The Bertz CT molecular complexity index is 396. The highest BCUT2D eigenvalue weighted by atomic mass is 16.1. The van der Waals surface area contributed by atoms with Crippen molar-refractivity contribution in [3.8, 4) is 0 Å². The van der Waals surface area contributed by atoms with Crippen LogP contribution in [-0.4, -0.2) is 50.5 Å². The molecule has 0 spiro atoms. The number of amides is 1. The van der Waals surface area contributed by atoms with Gasteiger partial charge in [0.2, 0.25) is 5.91 Å². The first-order chi connectivity index (χ1) is 10.8. The SMILES string of the molecule is CN=C(NCC(C)(C)CC(C)C)N1CCC(CC(=O)NC)CC1. The van der Waals surface area contributed by atoms with Crippen molar-refractivity contribution in [3.63, 3.8) is 0 Å². The molecule has 134 valence electrons. The van der Waals surface area contributed by atoms with E-state index in [2.05, 4.69) is 48.2 Å². The number of carbonyl (C=O) groups excluding carboxylic acids is 1. The molecule has 1 heterocycles. The normalized spacial score (nSPS) is 17.5. The Hall–Kier alpha value is -1.26. The minimum absolute atomic E-state index is 0.154. The number of hydrogen-bond donors (Lipinski definition) is 2. The van der Waals surface area contributed by atoms with Gasteiger partial charge in [0.15, 0.2) is 5.96 Å². The van der Waals surface area contributed by atoms with Crippen molar-refractivity contribution >= 4 is 11.9 Å². The van der Waals surface area contributed by atoms with E-state index < -0.39 is 0 Å². The van der Waals surface area contributed by atoms with Gasteiger partial charge in [-0.3, -0.25) is 9.79 Å². The number of piperidine rings is 1. The van der Waals surface area contributed by atoms with Crippen LogP contribution in [0.25, 0.3) is 0 Å². The molecule has 1 aliphatic rings. The molecule has 23 heavy (non-hydrogen) atoms. The Balaban J connectivity index is 2.44. The summed E-state index contributed by atoms with van der Waals surface area (Å²) in [6.45, 7) is 12.1. The van der Waals surface area contributed by atoms with Crippen molar-refractivity contribution in [1.82, 2.24) is 15.5 Å². The molecule has 0 saturated carbocycles. The molecule has 0 unspecified atom stereocenters. The molecule has 0 atom stereocenters. The molecule has 0 aliphatic carbocycles. The first kappa shape index (κ1) is 19.8. The van der Waals surface area contributed by atoms with Gasteiger partial charge in [0.25, 0.3) is 0 Å².